The molecule has 2 rings (SSSR count). The molecule has 0 radical (unpaired) electrons. The van der Waals surface area contributed by atoms with Crippen molar-refractivity contribution in [1.29, 1.82) is 0 Å². The minimum absolute atomic E-state index is 0.228. The quantitative estimate of drug-likeness (QED) is 0.895. The number of piperidine rings is 1. The van der Waals surface area contributed by atoms with Crippen molar-refractivity contribution in [3.8, 4) is 0 Å². The monoisotopic (exact) mass is 264 g/mol. The summed E-state index contributed by atoms with van der Waals surface area (Å²) in [7, 11) is 1.75. The van der Waals surface area contributed by atoms with Gasteiger partial charge in [0.1, 0.15) is 0 Å². The molecule has 2 heterocycles. The molecule has 5 nitrogen and oxygen atoms in total. The highest BCUT2D eigenvalue weighted by Crippen LogP contribution is 2.20. The van der Waals surface area contributed by atoms with Gasteiger partial charge in [0.2, 0.25) is 0 Å². The van der Waals surface area contributed by atoms with E-state index >= 15 is 0 Å². The van der Waals surface area contributed by atoms with E-state index in [-0.39, 0.29) is 11.7 Å². The number of methoxy groups -OCH3 is 1. The second kappa shape index (κ2) is 6.12. The highest BCUT2D eigenvalue weighted by atomic mass is 16.5. The lowest BCUT2D eigenvalue weighted by atomic mass is 9.96. The van der Waals surface area contributed by atoms with Crippen LogP contribution >= 0.6 is 0 Å². The van der Waals surface area contributed by atoms with E-state index in [0.29, 0.717) is 5.92 Å². The number of carbonyl (C=O) groups is 1. The molecule has 1 saturated heterocycles. The highest BCUT2D eigenvalue weighted by Gasteiger charge is 2.26. The lowest BCUT2D eigenvalue weighted by molar-refractivity contribution is -0.00778. The Morgan fingerprint density at radius 2 is 2.37 bits per heavy atom. The molecule has 1 aromatic heterocycles. The molecular weight excluding hydrogens is 244 g/mol. The summed E-state index contributed by atoms with van der Waals surface area (Å²) in [5.41, 5.74) is 1.13. The maximum atomic E-state index is 10.8. The Kier molecular flexibility index (Phi) is 4.50. The first-order valence-corrected chi connectivity index (χ1v) is 6.53. The van der Waals surface area contributed by atoms with Crippen LogP contribution in [0, 0.1) is 5.92 Å². The molecule has 19 heavy (non-hydrogen) atoms. The van der Waals surface area contributed by atoms with E-state index in [1.165, 1.54) is 6.20 Å². The number of aromatic nitrogens is 1. The Balaban J connectivity index is 1.95. The Labute approximate surface area is 113 Å². The number of carboxylic acids is 1. The first-order chi connectivity index (χ1) is 9.10. The smallest absolute Gasteiger partial charge is 0.337 e. The van der Waals surface area contributed by atoms with Gasteiger partial charge in [0, 0.05) is 26.4 Å². The average molecular weight is 264 g/mol. The lowest BCUT2D eigenvalue weighted by Gasteiger charge is -2.35. The van der Waals surface area contributed by atoms with Crippen molar-refractivity contribution in [3.63, 3.8) is 0 Å². The van der Waals surface area contributed by atoms with Gasteiger partial charge in [-0.25, -0.2) is 4.79 Å². The van der Waals surface area contributed by atoms with Crippen molar-refractivity contribution < 1.29 is 14.6 Å². The molecule has 2 atom stereocenters. The van der Waals surface area contributed by atoms with Gasteiger partial charge >= 0.3 is 5.97 Å². The molecule has 104 valence electrons. The maximum absolute atomic E-state index is 10.8. The summed E-state index contributed by atoms with van der Waals surface area (Å²) < 4.78 is 5.48. The summed E-state index contributed by atoms with van der Waals surface area (Å²) in [6.07, 6.45) is 2.80. The molecule has 2 unspecified atom stereocenters. The van der Waals surface area contributed by atoms with Crippen molar-refractivity contribution >= 4 is 5.97 Å². The molecule has 1 aromatic rings. The van der Waals surface area contributed by atoms with Crippen LogP contribution in [0.1, 0.15) is 29.4 Å². The normalized spacial score (nSPS) is 24.3. The van der Waals surface area contributed by atoms with Crippen LogP contribution in [-0.4, -0.2) is 47.3 Å². The number of ether oxygens (including phenoxy) is 1. The minimum Gasteiger partial charge on any atom is -0.478 e. The largest absolute Gasteiger partial charge is 0.478 e. The zero-order chi connectivity index (χ0) is 13.8. The van der Waals surface area contributed by atoms with Gasteiger partial charge in [-0.2, -0.15) is 0 Å². The highest BCUT2D eigenvalue weighted by molar-refractivity contribution is 5.87. The van der Waals surface area contributed by atoms with Crippen LogP contribution in [-0.2, 0) is 11.3 Å². The molecule has 1 aliphatic heterocycles. The molecule has 1 aliphatic rings. The van der Waals surface area contributed by atoms with Crippen LogP contribution in [0.25, 0.3) is 0 Å². The van der Waals surface area contributed by atoms with Crippen LogP contribution < -0.4 is 0 Å². The third-order valence-electron chi connectivity index (χ3n) is 3.73. The van der Waals surface area contributed by atoms with Crippen molar-refractivity contribution in [2.24, 2.45) is 5.92 Å². The Morgan fingerprint density at radius 3 is 2.95 bits per heavy atom. The van der Waals surface area contributed by atoms with E-state index in [0.717, 1.165) is 31.7 Å². The van der Waals surface area contributed by atoms with Crippen molar-refractivity contribution in [3.05, 3.63) is 29.6 Å². The van der Waals surface area contributed by atoms with Crippen LogP contribution in [0.4, 0.5) is 0 Å². The van der Waals surface area contributed by atoms with E-state index in [4.69, 9.17) is 9.84 Å². The first-order valence-electron chi connectivity index (χ1n) is 6.53. The SMILES string of the molecule is COC1CN(Cc2ccc(C(=O)O)cn2)CCC1C. The molecule has 5 heteroatoms. The second-order valence-corrected chi connectivity index (χ2v) is 5.12. The number of hydrogen-bond donors (Lipinski definition) is 1. The molecule has 0 saturated carbocycles. The molecular formula is C14H20N2O3. The second-order valence-electron chi connectivity index (χ2n) is 5.12. The van der Waals surface area contributed by atoms with E-state index < -0.39 is 5.97 Å². The molecule has 0 amide bonds. The van der Waals surface area contributed by atoms with Crippen molar-refractivity contribution in [2.75, 3.05) is 20.2 Å². The summed E-state index contributed by atoms with van der Waals surface area (Å²) in [6, 6.07) is 3.38. The van der Waals surface area contributed by atoms with E-state index in [9.17, 15) is 4.79 Å². The Bertz CT molecular complexity index is 433. The predicted octanol–water partition coefficient (Wildman–Crippen LogP) is 1.64. The van der Waals surface area contributed by atoms with Crippen molar-refractivity contribution in [1.82, 2.24) is 9.88 Å². The van der Waals surface area contributed by atoms with E-state index in [1.54, 1.807) is 19.2 Å². The van der Waals surface area contributed by atoms with Gasteiger partial charge in [0.15, 0.2) is 0 Å². The van der Waals surface area contributed by atoms with Crippen LogP contribution in [0.15, 0.2) is 18.3 Å². The standard InChI is InChI=1S/C14H20N2O3/c1-10-5-6-16(9-13(10)19-2)8-12-4-3-11(7-15-12)14(17)18/h3-4,7,10,13H,5-6,8-9H2,1-2H3,(H,17,18). The maximum Gasteiger partial charge on any atom is 0.337 e. The molecule has 1 fully saturated rings. The summed E-state index contributed by atoms with van der Waals surface area (Å²) >= 11 is 0. The summed E-state index contributed by atoms with van der Waals surface area (Å²) in [5, 5.41) is 8.83. The average Bonchev–Trinajstić information content (AvgIpc) is 2.41. The molecule has 0 bridgehead atoms. The van der Waals surface area contributed by atoms with Gasteiger partial charge in [-0.15, -0.1) is 0 Å². The van der Waals surface area contributed by atoms with Gasteiger partial charge < -0.3 is 9.84 Å². The molecule has 0 aromatic carbocycles. The number of carboxylic acid groups (broad SMARTS) is 1. The first kappa shape index (κ1) is 14.0. The van der Waals surface area contributed by atoms with Gasteiger partial charge in [-0.3, -0.25) is 9.88 Å². The predicted molar refractivity (Wildman–Crippen MR) is 71.1 cm³/mol. The lowest BCUT2D eigenvalue weighted by Crippen LogP contribution is -2.43. The fourth-order valence-corrected chi connectivity index (χ4v) is 2.42. The van der Waals surface area contributed by atoms with Gasteiger partial charge in [0.05, 0.1) is 17.4 Å². The third kappa shape index (κ3) is 3.52. The molecule has 0 spiro atoms. The van der Waals surface area contributed by atoms with Crippen molar-refractivity contribution in [2.45, 2.75) is 26.0 Å². The minimum atomic E-state index is -0.940. The summed E-state index contributed by atoms with van der Waals surface area (Å²) in [5.74, 6) is -0.353. The number of aromatic carboxylic acids is 1. The number of rotatable bonds is 4. The number of pyridine rings is 1. The van der Waals surface area contributed by atoms with Crippen LogP contribution in [0.2, 0.25) is 0 Å². The zero-order valence-electron chi connectivity index (χ0n) is 11.4. The summed E-state index contributed by atoms with van der Waals surface area (Å²) in [6.45, 7) is 4.89. The fraction of sp³-hybridized carbons (Fsp3) is 0.571. The molecule has 1 N–H and O–H groups in total. The number of likely N-dealkylation sites (tertiary alicyclic amines) is 1. The number of hydrogen-bond acceptors (Lipinski definition) is 4. The Hall–Kier alpha value is -1.46. The molecule has 0 aliphatic carbocycles. The van der Waals surface area contributed by atoms with E-state index in [1.807, 2.05) is 0 Å². The van der Waals surface area contributed by atoms with Gasteiger partial charge in [-0.1, -0.05) is 6.92 Å². The van der Waals surface area contributed by atoms with E-state index in [2.05, 4.69) is 16.8 Å². The number of nitrogens with zero attached hydrogens (tertiary/aromatic N) is 2. The summed E-state index contributed by atoms with van der Waals surface area (Å²) in [4.78, 5) is 17.3. The van der Waals surface area contributed by atoms with Crippen LogP contribution in [0.5, 0.6) is 0 Å². The van der Waals surface area contributed by atoms with Gasteiger partial charge in [0.25, 0.3) is 0 Å². The topological polar surface area (TPSA) is 62.7 Å². The zero-order valence-corrected chi connectivity index (χ0v) is 11.4. The van der Waals surface area contributed by atoms with Crippen LogP contribution in [0.3, 0.4) is 0 Å². The fourth-order valence-electron chi connectivity index (χ4n) is 2.42. The van der Waals surface area contributed by atoms with Gasteiger partial charge in [-0.05, 0) is 31.0 Å². The Morgan fingerprint density at radius 1 is 1.58 bits per heavy atom. The third-order valence-corrected chi connectivity index (χ3v) is 3.73.